The lowest BCUT2D eigenvalue weighted by Crippen LogP contribution is -2.48. The van der Waals surface area contributed by atoms with Crippen LogP contribution in [0.3, 0.4) is 0 Å². The van der Waals surface area contributed by atoms with Crippen LogP contribution in [0.4, 0.5) is 0 Å². The van der Waals surface area contributed by atoms with E-state index in [0.717, 1.165) is 39.0 Å². The summed E-state index contributed by atoms with van der Waals surface area (Å²) in [4.78, 5) is 35.7. The van der Waals surface area contributed by atoms with Gasteiger partial charge in [-0.15, -0.1) is 0 Å². The van der Waals surface area contributed by atoms with E-state index >= 15 is 0 Å². The molecule has 0 aliphatic carbocycles. The molecule has 2 bridgehead atoms. The normalized spacial score (nSPS) is 22.2. The van der Waals surface area contributed by atoms with Crippen LogP contribution in [0.1, 0.15) is 29.6 Å². The number of hydrogen-bond acceptors (Lipinski definition) is 5. The Balaban J connectivity index is 1.59. The second-order valence-corrected chi connectivity index (χ2v) is 7.64. The first-order chi connectivity index (χ1) is 13.1. The van der Waals surface area contributed by atoms with E-state index in [1.165, 1.54) is 0 Å². The number of piperidine rings is 1. The van der Waals surface area contributed by atoms with Crippen LogP contribution >= 0.6 is 0 Å². The minimum atomic E-state index is 0.0443. The van der Waals surface area contributed by atoms with E-state index < -0.39 is 0 Å². The van der Waals surface area contributed by atoms with Crippen molar-refractivity contribution in [1.29, 1.82) is 0 Å². The summed E-state index contributed by atoms with van der Waals surface area (Å²) in [6.07, 6.45) is 5.88. The highest BCUT2D eigenvalue weighted by Gasteiger charge is 2.38. The molecule has 0 spiro atoms. The van der Waals surface area contributed by atoms with Crippen LogP contribution in [0, 0.1) is 5.92 Å². The van der Waals surface area contributed by atoms with Gasteiger partial charge >= 0.3 is 0 Å². The van der Waals surface area contributed by atoms with Gasteiger partial charge < -0.3 is 19.4 Å². The van der Waals surface area contributed by atoms with Crippen molar-refractivity contribution in [2.24, 2.45) is 5.92 Å². The topological polar surface area (TPSA) is 66.0 Å². The van der Waals surface area contributed by atoms with Crippen molar-refractivity contribution in [2.75, 3.05) is 53.5 Å². The summed E-state index contributed by atoms with van der Waals surface area (Å²) in [5.74, 6) is 0.611. The lowest BCUT2D eigenvalue weighted by Gasteiger charge is -2.36. The van der Waals surface area contributed by atoms with Crippen molar-refractivity contribution in [3.8, 4) is 0 Å². The third kappa shape index (κ3) is 5.05. The number of methoxy groups -OCH3 is 1. The van der Waals surface area contributed by atoms with Crippen molar-refractivity contribution >= 4 is 11.8 Å². The number of amides is 2. The number of likely N-dealkylation sites (N-methyl/N-ethyl adjacent to an activating group) is 1. The molecule has 0 unspecified atom stereocenters. The van der Waals surface area contributed by atoms with Crippen LogP contribution in [0.15, 0.2) is 24.5 Å². The Morgan fingerprint density at radius 2 is 1.96 bits per heavy atom. The summed E-state index contributed by atoms with van der Waals surface area (Å²) in [5.41, 5.74) is 0.670. The number of carbonyl (C=O) groups is 2. The van der Waals surface area contributed by atoms with Gasteiger partial charge in [-0.2, -0.15) is 0 Å². The predicted molar refractivity (Wildman–Crippen MR) is 102 cm³/mol. The molecule has 0 radical (unpaired) electrons. The van der Waals surface area contributed by atoms with E-state index in [1.807, 2.05) is 16.8 Å². The minimum absolute atomic E-state index is 0.0443. The molecule has 0 saturated carbocycles. The summed E-state index contributed by atoms with van der Waals surface area (Å²) in [5, 5.41) is 0. The standard InChI is InChI=1S/C20H30N4O3/c1-22(11-12-27-2)10-7-19(25)24-14-16-3-4-18(24)15-23(13-16)20(26)17-5-8-21-9-6-17/h5-6,8-9,16,18H,3-4,7,10-15H2,1-2H3/t16-,18+/m0/s1. The van der Waals surface area contributed by atoms with Gasteiger partial charge in [0.25, 0.3) is 5.91 Å². The first kappa shape index (κ1) is 19.8. The molecule has 27 heavy (non-hydrogen) atoms. The molecule has 4 heterocycles. The quantitative estimate of drug-likeness (QED) is 0.715. The van der Waals surface area contributed by atoms with Crippen molar-refractivity contribution in [3.05, 3.63) is 30.1 Å². The zero-order valence-electron chi connectivity index (χ0n) is 16.3. The summed E-state index contributed by atoms with van der Waals surface area (Å²) < 4.78 is 5.08. The minimum Gasteiger partial charge on any atom is -0.383 e. The van der Waals surface area contributed by atoms with E-state index in [-0.39, 0.29) is 17.9 Å². The molecule has 3 aliphatic heterocycles. The molecular weight excluding hydrogens is 344 g/mol. The van der Waals surface area contributed by atoms with Gasteiger partial charge in [0, 0.05) is 70.3 Å². The maximum Gasteiger partial charge on any atom is 0.254 e. The predicted octanol–water partition coefficient (Wildman–Crippen LogP) is 1.11. The number of pyridine rings is 1. The summed E-state index contributed by atoms with van der Waals surface area (Å²) >= 11 is 0. The van der Waals surface area contributed by atoms with Crippen LogP contribution < -0.4 is 0 Å². The van der Waals surface area contributed by atoms with Crippen LogP contribution in [0.25, 0.3) is 0 Å². The highest BCUT2D eigenvalue weighted by atomic mass is 16.5. The zero-order chi connectivity index (χ0) is 19.2. The number of fused-ring (bicyclic) bond motifs is 4. The molecule has 3 fully saturated rings. The molecule has 2 amide bonds. The Morgan fingerprint density at radius 1 is 1.19 bits per heavy atom. The molecule has 4 rings (SSSR count). The lowest BCUT2D eigenvalue weighted by molar-refractivity contribution is -0.135. The van der Waals surface area contributed by atoms with E-state index in [4.69, 9.17) is 4.74 Å². The van der Waals surface area contributed by atoms with Gasteiger partial charge in [-0.1, -0.05) is 0 Å². The van der Waals surface area contributed by atoms with E-state index in [0.29, 0.717) is 31.1 Å². The van der Waals surface area contributed by atoms with Gasteiger partial charge in [0.15, 0.2) is 0 Å². The van der Waals surface area contributed by atoms with Crippen molar-refractivity contribution in [3.63, 3.8) is 0 Å². The van der Waals surface area contributed by atoms with Crippen molar-refractivity contribution < 1.29 is 14.3 Å². The van der Waals surface area contributed by atoms with Crippen LogP contribution in [0.2, 0.25) is 0 Å². The second-order valence-electron chi connectivity index (χ2n) is 7.64. The first-order valence-electron chi connectivity index (χ1n) is 9.74. The molecule has 7 heteroatoms. The molecule has 2 atom stereocenters. The number of ether oxygens (including phenoxy) is 1. The van der Waals surface area contributed by atoms with Crippen molar-refractivity contribution in [1.82, 2.24) is 19.7 Å². The fourth-order valence-electron chi connectivity index (χ4n) is 4.02. The summed E-state index contributed by atoms with van der Waals surface area (Å²) in [6.45, 7) is 4.36. The largest absolute Gasteiger partial charge is 0.383 e. The SMILES string of the molecule is COCCN(C)CCC(=O)N1C[C@H]2CC[C@@H]1CN(C(=O)c1ccncc1)C2. The number of nitrogens with zero attached hydrogens (tertiary/aromatic N) is 4. The fourth-order valence-corrected chi connectivity index (χ4v) is 4.02. The van der Waals surface area contributed by atoms with Gasteiger partial charge in [-0.25, -0.2) is 0 Å². The smallest absolute Gasteiger partial charge is 0.254 e. The van der Waals surface area contributed by atoms with E-state index in [2.05, 4.69) is 9.88 Å². The first-order valence-corrected chi connectivity index (χ1v) is 9.74. The van der Waals surface area contributed by atoms with Crippen molar-refractivity contribution in [2.45, 2.75) is 25.3 Å². The Kier molecular flexibility index (Phi) is 6.79. The third-order valence-electron chi connectivity index (χ3n) is 5.63. The Morgan fingerprint density at radius 3 is 2.70 bits per heavy atom. The maximum atomic E-state index is 12.8. The maximum absolute atomic E-state index is 12.8. The number of aromatic nitrogens is 1. The molecular formula is C20H30N4O3. The van der Waals surface area contributed by atoms with Gasteiger partial charge in [-0.05, 0) is 37.9 Å². The molecule has 0 N–H and O–H groups in total. The molecule has 0 aromatic carbocycles. The molecule has 3 saturated heterocycles. The average molecular weight is 374 g/mol. The molecule has 148 valence electrons. The second kappa shape index (κ2) is 9.28. The van der Waals surface area contributed by atoms with Gasteiger partial charge in [0.1, 0.15) is 0 Å². The van der Waals surface area contributed by atoms with Crippen LogP contribution in [-0.4, -0.2) is 91.0 Å². The molecule has 1 aromatic rings. The number of hydrogen-bond donors (Lipinski definition) is 0. The Labute approximate surface area is 161 Å². The average Bonchev–Trinajstić information content (AvgIpc) is 3.02. The highest BCUT2D eigenvalue weighted by Crippen LogP contribution is 2.29. The Hall–Kier alpha value is -1.99. The monoisotopic (exact) mass is 374 g/mol. The molecule has 3 aliphatic rings. The summed E-state index contributed by atoms with van der Waals surface area (Å²) in [7, 11) is 3.70. The van der Waals surface area contributed by atoms with E-state index in [9.17, 15) is 9.59 Å². The highest BCUT2D eigenvalue weighted by molar-refractivity contribution is 5.94. The molecule has 7 nitrogen and oxygen atoms in total. The molecule has 1 aromatic heterocycles. The number of rotatable bonds is 7. The van der Waals surface area contributed by atoms with Crippen LogP contribution in [0.5, 0.6) is 0 Å². The summed E-state index contributed by atoms with van der Waals surface area (Å²) in [6, 6.07) is 3.65. The third-order valence-corrected chi connectivity index (χ3v) is 5.63. The fraction of sp³-hybridized carbons (Fsp3) is 0.650. The van der Waals surface area contributed by atoms with E-state index in [1.54, 1.807) is 31.6 Å². The van der Waals surface area contributed by atoms with Gasteiger partial charge in [0.05, 0.1) is 6.61 Å². The number of carbonyl (C=O) groups excluding carboxylic acids is 2. The van der Waals surface area contributed by atoms with Gasteiger partial charge in [-0.3, -0.25) is 14.6 Å². The zero-order valence-corrected chi connectivity index (χ0v) is 16.3. The lowest BCUT2D eigenvalue weighted by atomic mass is 9.94. The Bertz CT molecular complexity index is 639. The van der Waals surface area contributed by atoms with Crippen LogP contribution in [-0.2, 0) is 9.53 Å². The van der Waals surface area contributed by atoms with Gasteiger partial charge in [0.2, 0.25) is 5.91 Å².